The predicted octanol–water partition coefficient (Wildman–Crippen LogP) is 6.80. The van der Waals surface area contributed by atoms with Crippen LogP contribution in [0.15, 0.2) is 53.7 Å². The first-order valence-corrected chi connectivity index (χ1v) is 12.6. The second-order valence-corrected chi connectivity index (χ2v) is 9.59. The van der Waals surface area contributed by atoms with Crippen LogP contribution >= 0.6 is 35.0 Å². The molecule has 2 aromatic carbocycles. The molecule has 1 unspecified atom stereocenters. The molecule has 0 spiro atoms. The zero-order valence-electron chi connectivity index (χ0n) is 18.1. The van der Waals surface area contributed by atoms with Crippen LogP contribution in [0.3, 0.4) is 0 Å². The molecule has 3 aromatic rings. The number of thioether (sulfide) groups is 1. The van der Waals surface area contributed by atoms with Gasteiger partial charge in [0.05, 0.1) is 5.69 Å². The lowest BCUT2D eigenvalue weighted by Crippen LogP contribution is -2.13. The average Bonchev–Trinajstić information content (AvgIpc) is 3.18. The molecule has 5 nitrogen and oxygen atoms in total. The zero-order valence-corrected chi connectivity index (χ0v) is 20.5. The fourth-order valence-corrected chi connectivity index (χ4v) is 4.95. The summed E-state index contributed by atoms with van der Waals surface area (Å²) in [6.07, 6.45) is 5.09. The van der Waals surface area contributed by atoms with Gasteiger partial charge in [0.1, 0.15) is 5.82 Å². The highest BCUT2D eigenvalue weighted by Crippen LogP contribution is 2.33. The third-order valence-corrected chi connectivity index (χ3v) is 6.70. The Morgan fingerprint density at radius 2 is 1.78 bits per heavy atom. The second kappa shape index (κ2) is 12.3. The Balaban J connectivity index is 1.93. The normalized spacial score (nSPS) is 12.1. The van der Waals surface area contributed by atoms with E-state index in [9.17, 15) is 4.79 Å². The third-order valence-electron chi connectivity index (χ3n) is 5.23. The van der Waals surface area contributed by atoms with Crippen LogP contribution in [0.25, 0.3) is 5.69 Å². The maximum absolute atomic E-state index is 11.3. The predicted molar refractivity (Wildman–Crippen MR) is 133 cm³/mol. The van der Waals surface area contributed by atoms with Crippen molar-refractivity contribution in [3.63, 3.8) is 0 Å². The molecular formula is C24H28Cl2N4OS. The van der Waals surface area contributed by atoms with Crippen molar-refractivity contribution < 1.29 is 4.79 Å². The fourth-order valence-electron chi connectivity index (χ4n) is 3.65. The van der Waals surface area contributed by atoms with E-state index in [1.54, 1.807) is 11.8 Å². The van der Waals surface area contributed by atoms with Crippen molar-refractivity contribution in [3.05, 3.63) is 70.0 Å². The Kier molecular flexibility index (Phi) is 9.45. The van der Waals surface area contributed by atoms with Crippen molar-refractivity contribution in [1.29, 1.82) is 0 Å². The molecule has 0 aliphatic carbocycles. The number of nitrogens with zero attached hydrogens (tertiary/aromatic N) is 3. The van der Waals surface area contributed by atoms with E-state index in [0.29, 0.717) is 16.5 Å². The first-order valence-electron chi connectivity index (χ1n) is 10.8. The minimum atomic E-state index is -0.270. The molecule has 1 heterocycles. The molecule has 0 radical (unpaired) electrons. The first-order chi connectivity index (χ1) is 15.5. The van der Waals surface area contributed by atoms with E-state index in [4.69, 9.17) is 28.9 Å². The molecule has 8 heteroatoms. The van der Waals surface area contributed by atoms with Crippen molar-refractivity contribution in [3.8, 4) is 5.69 Å². The minimum Gasteiger partial charge on any atom is -0.370 e. The Bertz CT molecular complexity index is 1040. The number of benzene rings is 2. The molecule has 170 valence electrons. The maximum Gasteiger partial charge on any atom is 0.217 e. The molecule has 1 aromatic heterocycles. The molecule has 0 fully saturated rings. The molecular weight excluding hydrogens is 463 g/mol. The molecule has 2 N–H and O–H groups in total. The van der Waals surface area contributed by atoms with Gasteiger partial charge in [0.2, 0.25) is 5.91 Å². The van der Waals surface area contributed by atoms with Crippen LogP contribution in [0.5, 0.6) is 0 Å². The second-order valence-electron chi connectivity index (χ2n) is 7.77. The fraction of sp³-hybridized carbons (Fsp3) is 0.375. The molecule has 1 amide bonds. The van der Waals surface area contributed by atoms with Gasteiger partial charge in [0.15, 0.2) is 5.16 Å². The molecule has 1 atom stereocenters. The molecule has 0 aliphatic heterocycles. The first kappa shape index (κ1) is 24.6. The summed E-state index contributed by atoms with van der Waals surface area (Å²) >= 11 is 14.1. The van der Waals surface area contributed by atoms with Gasteiger partial charge in [-0.1, -0.05) is 72.9 Å². The molecule has 0 saturated heterocycles. The van der Waals surface area contributed by atoms with Crippen LogP contribution in [-0.4, -0.2) is 20.7 Å². The van der Waals surface area contributed by atoms with Gasteiger partial charge in [-0.2, -0.15) is 0 Å². The summed E-state index contributed by atoms with van der Waals surface area (Å²) < 4.78 is 2.10. The number of unbranched alkanes of at least 4 members (excludes halogenated alkanes) is 1. The van der Waals surface area contributed by atoms with E-state index in [1.165, 1.54) is 0 Å². The van der Waals surface area contributed by atoms with Gasteiger partial charge in [0.25, 0.3) is 0 Å². The summed E-state index contributed by atoms with van der Waals surface area (Å²) in [6, 6.07) is 15.6. The van der Waals surface area contributed by atoms with Crippen LogP contribution < -0.4 is 5.73 Å². The van der Waals surface area contributed by atoms with Crippen molar-refractivity contribution in [2.45, 2.75) is 62.3 Å². The smallest absolute Gasteiger partial charge is 0.217 e. The van der Waals surface area contributed by atoms with E-state index < -0.39 is 0 Å². The number of nitrogens with two attached hydrogens (primary N) is 1. The molecule has 3 rings (SSSR count). The lowest BCUT2D eigenvalue weighted by Gasteiger charge is -2.18. The lowest BCUT2D eigenvalue weighted by atomic mass is 9.94. The van der Waals surface area contributed by atoms with Gasteiger partial charge in [-0.3, -0.25) is 9.36 Å². The van der Waals surface area contributed by atoms with Crippen LogP contribution in [-0.2, 0) is 10.5 Å². The SMILES string of the molecule is CCCCC(CCCC(N)=O)c1nnc(SCc2cccc(Cl)c2)n1-c1cccc(Cl)c1. The standard InChI is InChI=1S/C24H28Cl2N4OS/c1-2-3-8-18(9-5-13-22(27)31)23-28-29-24(30(23)21-12-6-11-20(26)15-21)32-16-17-7-4-10-19(25)14-17/h4,6-7,10-12,14-15,18H,2-3,5,8-9,13,16H2,1H3,(H2,27,31). The molecule has 0 saturated carbocycles. The van der Waals surface area contributed by atoms with E-state index in [0.717, 1.165) is 60.1 Å². The van der Waals surface area contributed by atoms with Crippen LogP contribution in [0.1, 0.15) is 62.8 Å². The van der Waals surface area contributed by atoms with Crippen molar-refractivity contribution in [2.24, 2.45) is 5.73 Å². The average molecular weight is 491 g/mol. The minimum absolute atomic E-state index is 0.182. The van der Waals surface area contributed by atoms with Crippen molar-refractivity contribution in [2.75, 3.05) is 0 Å². The summed E-state index contributed by atoms with van der Waals surface area (Å²) in [4.78, 5) is 11.3. The monoisotopic (exact) mass is 490 g/mol. The molecule has 32 heavy (non-hydrogen) atoms. The van der Waals surface area contributed by atoms with Crippen molar-refractivity contribution >= 4 is 40.9 Å². The summed E-state index contributed by atoms with van der Waals surface area (Å²) in [7, 11) is 0. The van der Waals surface area contributed by atoms with Gasteiger partial charge in [-0.05, 0) is 55.2 Å². The van der Waals surface area contributed by atoms with E-state index in [1.807, 2.05) is 48.5 Å². The van der Waals surface area contributed by atoms with Gasteiger partial charge >= 0.3 is 0 Å². The van der Waals surface area contributed by atoms with E-state index in [-0.39, 0.29) is 11.8 Å². The number of aromatic nitrogens is 3. The number of amides is 1. The van der Waals surface area contributed by atoms with E-state index >= 15 is 0 Å². The topological polar surface area (TPSA) is 73.8 Å². The highest BCUT2D eigenvalue weighted by molar-refractivity contribution is 7.98. The number of primary amides is 1. The number of carbonyl (C=O) groups is 1. The quantitative estimate of drug-likeness (QED) is 0.283. The lowest BCUT2D eigenvalue weighted by molar-refractivity contribution is -0.118. The zero-order chi connectivity index (χ0) is 22.9. The molecule has 0 aliphatic rings. The Labute approximate surface area is 203 Å². The number of hydrogen-bond donors (Lipinski definition) is 1. The van der Waals surface area contributed by atoms with Crippen LogP contribution in [0.2, 0.25) is 10.0 Å². The number of rotatable bonds is 12. The summed E-state index contributed by atoms with van der Waals surface area (Å²) in [5.41, 5.74) is 7.42. The largest absolute Gasteiger partial charge is 0.370 e. The number of halogens is 2. The third kappa shape index (κ3) is 6.99. The van der Waals surface area contributed by atoms with Gasteiger partial charge < -0.3 is 5.73 Å². The Hall–Kier alpha value is -2.02. The highest BCUT2D eigenvalue weighted by atomic mass is 35.5. The Morgan fingerprint density at radius 3 is 2.47 bits per heavy atom. The summed E-state index contributed by atoms with van der Waals surface area (Å²) in [6.45, 7) is 2.18. The maximum atomic E-state index is 11.3. The highest BCUT2D eigenvalue weighted by Gasteiger charge is 2.23. The molecule has 0 bridgehead atoms. The summed E-state index contributed by atoms with van der Waals surface area (Å²) in [5.74, 6) is 1.54. The van der Waals surface area contributed by atoms with Crippen LogP contribution in [0.4, 0.5) is 0 Å². The Morgan fingerprint density at radius 1 is 1.06 bits per heavy atom. The number of carbonyl (C=O) groups excluding carboxylic acids is 1. The summed E-state index contributed by atoms with van der Waals surface area (Å²) in [5, 5.41) is 11.3. The van der Waals surface area contributed by atoms with Gasteiger partial charge in [-0.15, -0.1) is 10.2 Å². The van der Waals surface area contributed by atoms with Crippen LogP contribution in [0, 0.1) is 0 Å². The van der Waals surface area contributed by atoms with Crippen molar-refractivity contribution in [1.82, 2.24) is 14.8 Å². The van der Waals surface area contributed by atoms with Gasteiger partial charge in [0, 0.05) is 28.1 Å². The van der Waals surface area contributed by atoms with E-state index in [2.05, 4.69) is 21.7 Å². The van der Waals surface area contributed by atoms with Gasteiger partial charge in [-0.25, -0.2) is 0 Å². The number of hydrogen-bond acceptors (Lipinski definition) is 4.